The Labute approximate surface area is 249 Å². The Morgan fingerprint density at radius 3 is 2.19 bits per heavy atom. The number of carbonyl (C=O) groups excluding carboxylic acids is 1. The lowest BCUT2D eigenvalue weighted by Gasteiger charge is -2.22. The van der Waals surface area contributed by atoms with Gasteiger partial charge in [0.15, 0.2) is 17.2 Å². The van der Waals surface area contributed by atoms with E-state index in [4.69, 9.17) is 37.4 Å². The lowest BCUT2D eigenvalue weighted by molar-refractivity contribution is -0.385. The molecule has 0 aliphatic heterocycles. The highest BCUT2D eigenvalue weighted by atomic mass is 35.5. The number of hydrogen-bond acceptors (Lipinski definition) is 8. The topological polar surface area (TPSA) is 110 Å². The maximum atomic E-state index is 13.4. The SMILES string of the molecule is O=C(OC(Cc1c(Cl)cncc1Cl)c1ccc(OC(F)F)c(OCC2CC2)c1)c1ccc([N+](=O)[O-])c(OCC2CC2)c1. The summed E-state index contributed by atoms with van der Waals surface area (Å²) < 4.78 is 48.2. The predicted octanol–water partition coefficient (Wildman–Crippen LogP) is 7.62. The van der Waals surface area contributed by atoms with Crippen molar-refractivity contribution in [2.75, 3.05) is 13.2 Å². The van der Waals surface area contributed by atoms with Gasteiger partial charge in [0.1, 0.15) is 6.10 Å². The number of nitrogens with zero attached hydrogens (tertiary/aromatic N) is 2. The molecule has 0 amide bonds. The van der Waals surface area contributed by atoms with Crippen molar-refractivity contribution in [2.45, 2.75) is 44.8 Å². The van der Waals surface area contributed by atoms with Crippen molar-refractivity contribution in [3.63, 3.8) is 0 Å². The minimum Gasteiger partial charge on any atom is -0.489 e. The van der Waals surface area contributed by atoms with E-state index in [1.807, 2.05) is 0 Å². The molecule has 2 fully saturated rings. The van der Waals surface area contributed by atoms with E-state index >= 15 is 0 Å². The fourth-order valence-corrected chi connectivity index (χ4v) is 4.69. The molecule has 0 radical (unpaired) electrons. The number of aromatic nitrogens is 1. The Kier molecular flexibility index (Phi) is 9.27. The molecule has 1 unspecified atom stereocenters. The summed E-state index contributed by atoms with van der Waals surface area (Å²) in [5, 5.41) is 12.0. The van der Waals surface area contributed by atoms with Crippen LogP contribution in [0.2, 0.25) is 10.0 Å². The van der Waals surface area contributed by atoms with Crippen LogP contribution in [-0.2, 0) is 11.2 Å². The Morgan fingerprint density at radius 1 is 0.952 bits per heavy atom. The minimum atomic E-state index is -3.07. The maximum absolute atomic E-state index is 13.4. The van der Waals surface area contributed by atoms with Gasteiger partial charge < -0.3 is 18.9 Å². The van der Waals surface area contributed by atoms with Gasteiger partial charge in [-0.15, -0.1) is 0 Å². The highest BCUT2D eigenvalue weighted by molar-refractivity contribution is 6.35. The summed E-state index contributed by atoms with van der Waals surface area (Å²) in [4.78, 5) is 28.3. The van der Waals surface area contributed by atoms with E-state index in [-0.39, 0.29) is 45.0 Å². The summed E-state index contributed by atoms with van der Waals surface area (Å²) in [6.45, 7) is -2.44. The quantitative estimate of drug-likeness (QED) is 0.103. The Morgan fingerprint density at radius 2 is 1.60 bits per heavy atom. The Bertz CT molecular complexity index is 1450. The molecular formula is C29H26Cl2F2N2O7. The van der Waals surface area contributed by atoms with Crippen molar-refractivity contribution < 1.29 is 37.4 Å². The Balaban J connectivity index is 1.46. The number of carbonyl (C=O) groups is 1. The molecule has 13 heteroatoms. The van der Waals surface area contributed by atoms with Crippen LogP contribution in [0.25, 0.3) is 0 Å². The average molecular weight is 623 g/mol. The smallest absolute Gasteiger partial charge is 0.387 e. The standard InChI is InChI=1S/C29H26Cl2F2N2O7/c30-21-12-34-13-22(31)20(21)11-25(18-6-8-24(42-29(32)33)27(9-18)40-15-17-3-4-17)41-28(36)19-5-7-23(35(37)38)26(10-19)39-14-16-1-2-16/h5-10,12-13,16-17,25,29H,1-4,11,14-15H2. The molecule has 0 spiro atoms. The molecule has 0 saturated heterocycles. The molecular weight excluding hydrogens is 597 g/mol. The molecule has 0 bridgehead atoms. The zero-order valence-corrected chi connectivity index (χ0v) is 23.7. The van der Waals surface area contributed by atoms with Gasteiger partial charge in [-0.3, -0.25) is 15.1 Å². The molecule has 9 nitrogen and oxygen atoms in total. The predicted molar refractivity (Wildman–Crippen MR) is 149 cm³/mol. The summed E-state index contributed by atoms with van der Waals surface area (Å²) >= 11 is 12.7. The number of halogens is 4. The maximum Gasteiger partial charge on any atom is 0.387 e. The normalized spacial score (nSPS) is 15.3. The highest BCUT2D eigenvalue weighted by Crippen LogP contribution is 2.39. The first kappa shape index (κ1) is 29.8. The number of alkyl halides is 2. The molecule has 3 aromatic rings. The van der Waals surface area contributed by atoms with Crippen molar-refractivity contribution >= 4 is 34.9 Å². The second-order valence-corrected chi connectivity index (χ2v) is 11.0. The highest BCUT2D eigenvalue weighted by Gasteiger charge is 2.28. The lowest BCUT2D eigenvalue weighted by atomic mass is 10.0. The molecule has 5 rings (SSSR count). The van der Waals surface area contributed by atoms with E-state index in [0.717, 1.165) is 25.7 Å². The van der Waals surface area contributed by atoms with Crippen molar-refractivity contribution in [2.24, 2.45) is 11.8 Å². The first-order chi connectivity index (χ1) is 20.2. The van der Waals surface area contributed by atoms with Crippen LogP contribution in [0.5, 0.6) is 17.2 Å². The summed E-state index contributed by atoms with van der Waals surface area (Å²) in [6, 6.07) is 8.00. The first-order valence-corrected chi connectivity index (χ1v) is 14.0. The number of hydrogen-bond donors (Lipinski definition) is 0. The van der Waals surface area contributed by atoms with Crippen LogP contribution in [0.3, 0.4) is 0 Å². The number of ether oxygens (including phenoxy) is 4. The second kappa shape index (κ2) is 13.1. The molecule has 1 aromatic heterocycles. The summed E-state index contributed by atoms with van der Waals surface area (Å²) in [7, 11) is 0. The summed E-state index contributed by atoms with van der Waals surface area (Å²) in [5.74, 6) is -0.281. The molecule has 2 saturated carbocycles. The average Bonchev–Trinajstić information content (AvgIpc) is 3.88. The van der Waals surface area contributed by atoms with Crippen molar-refractivity contribution in [3.8, 4) is 17.2 Å². The molecule has 1 atom stereocenters. The van der Waals surface area contributed by atoms with Gasteiger partial charge in [-0.1, -0.05) is 29.3 Å². The lowest BCUT2D eigenvalue weighted by Crippen LogP contribution is -2.16. The number of benzene rings is 2. The monoisotopic (exact) mass is 622 g/mol. The van der Waals surface area contributed by atoms with Gasteiger partial charge in [-0.25, -0.2) is 4.79 Å². The van der Waals surface area contributed by atoms with Crippen LogP contribution in [0.1, 0.15) is 53.3 Å². The van der Waals surface area contributed by atoms with Crippen molar-refractivity contribution in [1.82, 2.24) is 4.98 Å². The van der Waals surface area contributed by atoms with Crippen LogP contribution >= 0.6 is 23.2 Å². The molecule has 0 N–H and O–H groups in total. The van der Waals surface area contributed by atoms with E-state index in [2.05, 4.69) is 9.72 Å². The fraction of sp³-hybridized carbons (Fsp3) is 0.379. The third-order valence-electron chi connectivity index (χ3n) is 6.88. The molecule has 222 valence electrons. The van der Waals surface area contributed by atoms with Crippen LogP contribution < -0.4 is 14.2 Å². The fourth-order valence-electron chi connectivity index (χ4n) is 4.17. The third kappa shape index (κ3) is 7.77. The third-order valence-corrected chi connectivity index (χ3v) is 7.53. The van der Waals surface area contributed by atoms with Crippen LogP contribution in [0.4, 0.5) is 14.5 Å². The van der Waals surface area contributed by atoms with E-state index in [1.165, 1.54) is 48.8 Å². The van der Waals surface area contributed by atoms with Gasteiger partial charge >= 0.3 is 18.3 Å². The summed E-state index contributed by atoms with van der Waals surface area (Å²) in [5.41, 5.74) is 0.584. The molecule has 2 aliphatic carbocycles. The van der Waals surface area contributed by atoms with Gasteiger partial charge in [0.25, 0.3) is 0 Å². The van der Waals surface area contributed by atoms with Crippen LogP contribution in [0.15, 0.2) is 48.8 Å². The van der Waals surface area contributed by atoms with Gasteiger partial charge in [0.05, 0.1) is 33.7 Å². The van der Waals surface area contributed by atoms with Gasteiger partial charge in [0, 0.05) is 30.9 Å². The second-order valence-electron chi connectivity index (χ2n) is 10.2. The van der Waals surface area contributed by atoms with E-state index in [0.29, 0.717) is 36.2 Å². The Hall–Kier alpha value is -3.70. The first-order valence-electron chi connectivity index (χ1n) is 13.3. The largest absolute Gasteiger partial charge is 0.489 e. The van der Waals surface area contributed by atoms with Gasteiger partial charge in [-0.05, 0) is 66.8 Å². The van der Waals surface area contributed by atoms with Gasteiger partial charge in [0.2, 0.25) is 0 Å². The number of rotatable bonds is 14. The van der Waals surface area contributed by atoms with E-state index < -0.39 is 23.6 Å². The van der Waals surface area contributed by atoms with Crippen molar-refractivity contribution in [1.29, 1.82) is 0 Å². The molecule has 42 heavy (non-hydrogen) atoms. The number of nitro groups is 1. The van der Waals surface area contributed by atoms with Crippen LogP contribution in [-0.4, -0.2) is 35.7 Å². The van der Waals surface area contributed by atoms with Crippen LogP contribution in [0, 0.1) is 22.0 Å². The number of nitro benzene ring substituents is 1. The van der Waals surface area contributed by atoms with E-state index in [1.54, 1.807) is 0 Å². The van der Waals surface area contributed by atoms with Crippen molar-refractivity contribution in [3.05, 3.63) is 85.6 Å². The van der Waals surface area contributed by atoms with E-state index in [9.17, 15) is 23.7 Å². The zero-order chi connectivity index (χ0) is 29.8. The summed E-state index contributed by atoms with van der Waals surface area (Å²) in [6.07, 6.45) is 5.68. The molecule has 2 aliphatic rings. The number of pyridine rings is 1. The minimum absolute atomic E-state index is 0.00105. The van der Waals surface area contributed by atoms with Gasteiger partial charge in [-0.2, -0.15) is 8.78 Å². The zero-order valence-electron chi connectivity index (χ0n) is 22.1. The number of esters is 1. The molecule has 1 heterocycles. The molecule has 2 aromatic carbocycles.